The summed E-state index contributed by atoms with van der Waals surface area (Å²) >= 11 is 1.29. The number of hydrazine groups is 1. The summed E-state index contributed by atoms with van der Waals surface area (Å²) in [6.07, 6.45) is 2.85. The van der Waals surface area contributed by atoms with Crippen molar-refractivity contribution in [3.05, 3.63) is 29.8 Å². The van der Waals surface area contributed by atoms with E-state index in [1.54, 1.807) is 0 Å². The maximum Gasteiger partial charge on any atom is 0.233 e. The highest BCUT2D eigenvalue weighted by Crippen LogP contribution is 2.23. The van der Waals surface area contributed by atoms with Crippen LogP contribution >= 0.6 is 11.8 Å². The summed E-state index contributed by atoms with van der Waals surface area (Å²) in [7, 11) is 0. The summed E-state index contributed by atoms with van der Waals surface area (Å²) in [5, 5.41) is 0. The van der Waals surface area contributed by atoms with Crippen molar-refractivity contribution in [1.82, 2.24) is 5.43 Å². The lowest BCUT2D eigenvalue weighted by molar-refractivity contribution is -0.121. The average Bonchev–Trinajstić information content (AvgIpc) is 2.37. The first-order valence-corrected chi connectivity index (χ1v) is 6.69. The number of carbonyl (C=O) groups excluding carboxylic acids is 1. The first kappa shape index (κ1) is 14.9. The topological polar surface area (TPSA) is 55.1 Å². The second kappa shape index (κ2) is 8.05. The number of carbonyl (C=O) groups is 1. The van der Waals surface area contributed by atoms with Crippen LogP contribution in [0, 0.1) is 11.6 Å². The van der Waals surface area contributed by atoms with Gasteiger partial charge in [0.1, 0.15) is 11.6 Å². The quantitative estimate of drug-likeness (QED) is 0.264. The maximum atomic E-state index is 13.2. The standard InChI is InChI=1S/C12H16F2N2OS/c13-9-5-6-10(14)11(8-9)18-7-3-1-2-4-12(17)16-15/h5-6,8H,1-4,7,15H2,(H,16,17). The normalized spacial score (nSPS) is 10.4. The van der Waals surface area contributed by atoms with Crippen molar-refractivity contribution in [2.24, 2.45) is 5.84 Å². The molecule has 0 aliphatic carbocycles. The van der Waals surface area contributed by atoms with E-state index in [4.69, 9.17) is 5.84 Å². The highest BCUT2D eigenvalue weighted by Gasteiger charge is 2.04. The molecular weight excluding hydrogens is 258 g/mol. The van der Waals surface area contributed by atoms with Crippen molar-refractivity contribution in [2.45, 2.75) is 30.6 Å². The van der Waals surface area contributed by atoms with E-state index in [0.717, 1.165) is 31.4 Å². The number of amides is 1. The molecule has 0 saturated carbocycles. The molecule has 0 heterocycles. The van der Waals surface area contributed by atoms with Gasteiger partial charge in [-0.3, -0.25) is 10.2 Å². The lowest BCUT2D eigenvalue weighted by Gasteiger charge is -2.03. The average molecular weight is 274 g/mol. The maximum absolute atomic E-state index is 13.2. The molecule has 1 amide bonds. The zero-order valence-corrected chi connectivity index (χ0v) is 10.7. The zero-order chi connectivity index (χ0) is 13.4. The molecule has 0 spiro atoms. The highest BCUT2D eigenvalue weighted by molar-refractivity contribution is 7.99. The largest absolute Gasteiger partial charge is 0.294 e. The van der Waals surface area contributed by atoms with Gasteiger partial charge in [-0.15, -0.1) is 11.8 Å². The molecule has 100 valence electrons. The fourth-order valence-electron chi connectivity index (χ4n) is 1.41. The van der Waals surface area contributed by atoms with Crippen LogP contribution in [0.2, 0.25) is 0 Å². The predicted octanol–water partition coefficient (Wildman–Crippen LogP) is 2.61. The SMILES string of the molecule is NNC(=O)CCCCCSc1cc(F)ccc1F. The summed E-state index contributed by atoms with van der Waals surface area (Å²) in [6, 6.07) is 3.43. The molecule has 3 N–H and O–H groups in total. The molecule has 18 heavy (non-hydrogen) atoms. The van der Waals surface area contributed by atoms with Crippen LogP contribution < -0.4 is 11.3 Å². The molecule has 1 rings (SSSR count). The van der Waals surface area contributed by atoms with Crippen LogP contribution in [0.25, 0.3) is 0 Å². The monoisotopic (exact) mass is 274 g/mol. The van der Waals surface area contributed by atoms with Gasteiger partial charge < -0.3 is 0 Å². The highest BCUT2D eigenvalue weighted by atomic mass is 32.2. The van der Waals surface area contributed by atoms with Crippen LogP contribution in [-0.4, -0.2) is 11.7 Å². The fraction of sp³-hybridized carbons (Fsp3) is 0.417. The molecule has 0 fully saturated rings. The Morgan fingerprint density at radius 2 is 2.06 bits per heavy atom. The molecule has 0 bridgehead atoms. The Morgan fingerprint density at radius 1 is 1.28 bits per heavy atom. The molecule has 0 atom stereocenters. The lowest BCUT2D eigenvalue weighted by Crippen LogP contribution is -2.29. The number of nitrogens with two attached hydrogens (primary N) is 1. The molecule has 1 aromatic carbocycles. The number of benzene rings is 1. The third kappa shape index (κ3) is 5.46. The molecule has 3 nitrogen and oxygen atoms in total. The first-order chi connectivity index (χ1) is 8.63. The van der Waals surface area contributed by atoms with Crippen molar-refractivity contribution >= 4 is 17.7 Å². The zero-order valence-electron chi connectivity index (χ0n) is 9.92. The van der Waals surface area contributed by atoms with Gasteiger partial charge in [0.05, 0.1) is 0 Å². The Hall–Kier alpha value is -1.14. The Bertz CT molecular complexity index is 402. The number of unbranched alkanes of at least 4 members (excludes halogenated alkanes) is 2. The van der Waals surface area contributed by atoms with Gasteiger partial charge in [-0.25, -0.2) is 14.6 Å². The number of halogens is 2. The molecule has 0 saturated heterocycles. The molecule has 6 heteroatoms. The van der Waals surface area contributed by atoms with Crippen molar-refractivity contribution in [3.63, 3.8) is 0 Å². The van der Waals surface area contributed by atoms with Crippen LogP contribution in [0.1, 0.15) is 25.7 Å². The van der Waals surface area contributed by atoms with E-state index >= 15 is 0 Å². The van der Waals surface area contributed by atoms with Crippen molar-refractivity contribution < 1.29 is 13.6 Å². The van der Waals surface area contributed by atoms with Gasteiger partial charge in [0.2, 0.25) is 5.91 Å². The van der Waals surface area contributed by atoms with Gasteiger partial charge in [-0.2, -0.15) is 0 Å². The van der Waals surface area contributed by atoms with Crippen molar-refractivity contribution in [3.8, 4) is 0 Å². The lowest BCUT2D eigenvalue weighted by atomic mass is 10.2. The Morgan fingerprint density at radius 3 is 2.78 bits per heavy atom. The van der Waals surface area contributed by atoms with Crippen LogP contribution in [0.15, 0.2) is 23.1 Å². The second-order valence-electron chi connectivity index (χ2n) is 3.80. The Labute approximate surface area is 109 Å². The van der Waals surface area contributed by atoms with Crippen LogP contribution in [-0.2, 0) is 4.79 Å². The van der Waals surface area contributed by atoms with Crippen molar-refractivity contribution in [2.75, 3.05) is 5.75 Å². The summed E-state index contributed by atoms with van der Waals surface area (Å²) in [5.74, 6) is 4.63. The number of thioether (sulfide) groups is 1. The first-order valence-electron chi connectivity index (χ1n) is 5.71. The van der Waals surface area contributed by atoms with Gasteiger partial charge in [0, 0.05) is 11.3 Å². The van der Waals surface area contributed by atoms with E-state index in [-0.39, 0.29) is 5.91 Å². The molecule has 0 unspecified atom stereocenters. The van der Waals surface area contributed by atoms with E-state index in [0.29, 0.717) is 17.1 Å². The van der Waals surface area contributed by atoms with Gasteiger partial charge in [0.15, 0.2) is 0 Å². The number of nitrogens with one attached hydrogen (secondary N) is 1. The number of hydrogen-bond donors (Lipinski definition) is 2. The van der Waals surface area contributed by atoms with Gasteiger partial charge in [-0.05, 0) is 36.8 Å². The summed E-state index contributed by atoms with van der Waals surface area (Å²) in [6.45, 7) is 0. The Balaban J connectivity index is 2.18. The molecule has 0 aliphatic heterocycles. The van der Waals surface area contributed by atoms with E-state index in [9.17, 15) is 13.6 Å². The van der Waals surface area contributed by atoms with E-state index in [1.807, 2.05) is 0 Å². The third-order valence-corrected chi connectivity index (χ3v) is 3.48. The van der Waals surface area contributed by atoms with Crippen LogP contribution in [0.5, 0.6) is 0 Å². The minimum absolute atomic E-state index is 0.182. The van der Waals surface area contributed by atoms with Crippen LogP contribution in [0.4, 0.5) is 8.78 Å². The van der Waals surface area contributed by atoms with E-state index < -0.39 is 11.6 Å². The minimum atomic E-state index is -0.432. The summed E-state index contributed by atoms with van der Waals surface area (Å²) in [5.41, 5.74) is 2.06. The molecular formula is C12H16F2N2OS. The number of hydrogen-bond acceptors (Lipinski definition) is 3. The fourth-order valence-corrected chi connectivity index (χ4v) is 2.38. The van der Waals surface area contributed by atoms with Gasteiger partial charge >= 0.3 is 0 Å². The van der Waals surface area contributed by atoms with Crippen molar-refractivity contribution in [1.29, 1.82) is 0 Å². The molecule has 0 radical (unpaired) electrons. The molecule has 0 aromatic heterocycles. The smallest absolute Gasteiger partial charge is 0.233 e. The molecule has 1 aromatic rings. The van der Waals surface area contributed by atoms with Gasteiger partial charge in [-0.1, -0.05) is 6.42 Å². The van der Waals surface area contributed by atoms with Gasteiger partial charge in [0.25, 0.3) is 0 Å². The summed E-state index contributed by atoms with van der Waals surface area (Å²) < 4.78 is 26.1. The summed E-state index contributed by atoms with van der Waals surface area (Å²) in [4.78, 5) is 11.1. The predicted molar refractivity (Wildman–Crippen MR) is 67.9 cm³/mol. The Kier molecular flexibility index (Phi) is 6.67. The third-order valence-electron chi connectivity index (χ3n) is 2.36. The molecule has 0 aliphatic rings. The number of rotatable bonds is 7. The second-order valence-corrected chi connectivity index (χ2v) is 4.94. The van der Waals surface area contributed by atoms with E-state index in [2.05, 4.69) is 5.43 Å². The van der Waals surface area contributed by atoms with E-state index in [1.165, 1.54) is 17.8 Å². The minimum Gasteiger partial charge on any atom is -0.294 e. The van der Waals surface area contributed by atoms with Crippen LogP contribution in [0.3, 0.4) is 0 Å².